The fourth-order valence-electron chi connectivity index (χ4n) is 2.59. The van der Waals surface area contributed by atoms with Crippen LogP contribution >= 0.6 is 11.8 Å². The smallest absolute Gasteiger partial charge is 0.246 e. The first kappa shape index (κ1) is 14.5. The lowest BCUT2D eigenvalue weighted by molar-refractivity contribution is -0.117. The van der Waals surface area contributed by atoms with Gasteiger partial charge >= 0.3 is 0 Å². The Balaban J connectivity index is 1.90. The van der Waals surface area contributed by atoms with Crippen molar-refractivity contribution in [3.63, 3.8) is 0 Å². The zero-order valence-corrected chi connectivity index (χ0v) is 12.8. The van der Waals surface area contributed by atoms with Gasteiger partial charge in [-0.05, 0) is 41.1 Å². The number of fused-ring (bicyclic) bond motifs is 1. The summed E-state index contributed by atoms with van der Waals surface area (Å²) >= 11 is 1.00. The third-order valence-corrected chi connectivity index (χ3v) is 4.47. The minimum absolute atomic E-state index is 0.0384. The van der Waals surface area contributed by atoms with Crippen LogP contribution in [0, 0.1) is 10.7 Å². The first-order valence-corrected chi connectivity index (χ1v) is 7.70. The van der Waals surface area contributed by atoms with Crippen LogP contribution in [0.3, 0.4) is 0 Å². The molecule has 5 heteroatoms. The number of thiocyanates is 1. The highest BCUT2D eigenvalue weighted by atomic mass is 32.2. The van der Waals surface area contributed by atoms with Gasteiger partial charge in [0, 0.05) is 5.69 Å². The van der Waals surface area contributed by atoms with Gasteiger partial charge in [0.1, 0.15) is 16.4 Å². The lowest BCUT2D eigenvalue weighted by Crippen LogP contribution is -2.27. The van der Waals surface area contributed by atoms with E-state index in [4.69, 9.17) is 10.00 Å². The number of hydrogen-bond donors (Lipinski definition) is 0. The van der Waals surface area contributed by atoms with Crippen molar-refractivity contribution in [3.05, 3.63) is 59.7 Å². The molecule has 0 aliphatic carbocycles. The Morgan fingerprint density at radius 3 is 2.64 bits per heavy atom. The largest absolute Gasteiger partial charge is 0.497 e. The summed E-state index contributed by atoms with van der Waals surface area (Å²) in [5.74, 6) is 0.748. The lowest BCUT2D eigenvalue weighted by atomic mass is 10.1. The third-order valence-electron chi connectivity index (χ3n) is 3.67. The van der Waals surface area contributed by atoms with Crippen molar-refractivity contribution in [2.75, 3.05) is 12.0 Å². The van der Waals surface area contributed by atoms with Crippen molar-refractivity contribution in [1.82, 2.24) is 0 Å². The molecule has 0 saturated carbocycles. The van der Waals surface area contributed by atoms with Crippen LogP contribution in [-0.4, -0.2) is 13.0 Å². The SMILES string of the molecule is COc1ccc(CN2C(=O)C(SC#N)c3ccccc32)cc1. The van der Waals surface area contributed by atoms with Crippen LogP contribution in [0.2, 0.25) is 0 Å². The van der Waals surface area contributed by atoms with Gasteiger partial charge in [-0.3, -0.25) is 4.79 Å². The molecule has 3 rings (SSSR count). The molecule has 0 saturated heterocycles. The minimum atomic E-state index is -0.431. The molecule has 0 aromatic heterocycles. The molecule has 1 unspecified atom stereocenters. The summed E-state index contributed by atoms with van der Waals surface area (Å²) in [6.07, 6.45) is 0. The van der Waals surface area contributed by atoms with Crippen LogP contribution in [0.5, 0.6) is 5.75 Å². The Morgan fingerprint density at radius 2 is 1.95 bits per heavy atom. The number of nitriles is 1. The molecule has 0 radical (unpaired) electrons. The second-order valence-corrected chi connectivity index (χ2v) is 5.81. The van der Waals surface area contributed by atoms with Crippen molar-refractivity contribution in [2.24, 2.45) is 0 Å². The van der Waals surface area contributed by atoms with Crippen LogP contribution in [0.1, 0.15) is 16.4 Å². The molecule has 110 valence electrons. The average molecular weight is 310 g/mol. The van der Waals surface area contributed by atoms with Crippen LogP contribution < -0.4 is 9.64 Å². The first-order valence-electron chi connectivity index (χ1n) is 6.82. The molecule has 0 N–H and O–H groups in total. The molecular weight excluding hydrogens is 296 g/mol. The number of nitrogens with zero attached hydrogens (tertiary/aromatic N) is 2. The molecule has 1 atom stereocenters. The number of rotatable bonds is 4. The molecule has 0 bridgehead atoms. The zero-order valence-electron chi connectivity index (χ0n) is 12.0. The summed E-state index contributed by atoms with van der Waals surface area (Å²) in [6.45, 7) is 0.488. The quantitative estimate of drug-likeness (QED) is 0.811. The third kappa shape index (κ3) is 2.53. The minimum Gasteiger partial charge on any atom is -0.497 e. The summed E-state index contributed by atoms with van der Waals surface area (Å²) < 4.78 is 5.15. The van der Waals surface area contributed by atoms with Gasteiger partial charge in [0.2, 0.25) is 5.91 Å². The highest BCUT2D eigenvalue weighted by Crippen LogP contribution is 2.43. The highest BCUT2D eigenvalue weighted by molar-refractivity contribution is 8.04. The van der Waals surface area contributed by atoms with Gasteiger partial charge in [-0.15, -0.1) is 0 Å². The molecule has 0 spiro atoms. The normalized spacial score (nSPS) is 16.3. The number of para-hydroxylation sites is 1. The van der Waals surface area contributed by atoms with Gasteiger partial charge in [-0.1, -0.05) is 30.3 Å². The van der Waals surface area contributed by atoms with Crippen molar-refractivity contribution >= 4 is 23.4 Å². The molecule has 1 aliphatic heterocycles. The number of anilines is 1. The lowest BCUT2D eigenvalue weighted by Gasteiger charge is -2.18. The second-order valence-electron chi connectivity index (χ2n) is 4.92. The van der Waals surface area contributed by atoms with Crippen LogP contribution in [0.4, 0.5) is 5.69 Å². The van der Waals surface area contributed by atoms with E-state index in [-0.39, 0.29) is 5.91 Å². The Kier molecular flexibility index (Phi) is 4.03. The molecule has 1 amide bonds. The van der Waals surface area contributed by atoms with Crippen molar-refractivity contribution in [1.29, 1.82) is 5.26 Å². The second kappa shape index (κ2) is 6.12. The Bertz CT molecular complexity index is 737. The fraction of sp³-hybridized carbons (Fsp3) is 0.176. The standard InChI is InChI=1S/C17H14N2O2S/c1-21-13-8-6-12(7-9-13)10-19-15-5-3-2-4-14(15)16(17(19)20)22-11-18/h2-9,16H,10H2,1H3. The van der Waals surface area contributed by atoms with E-state index in [0.717, 1.165) is 34.3 Å². The van der Waals surface area contributed by atoms with Gasteiger partial charge in [0.05, 0.1) is 13.7 Å². The molecule has 1 heterocycles. The zero-order chi connectivity index (χ0) is 15.5. The summed E-state index contributed by atoms with van der Waals surface area (Å²) in [5, 5.41) is 10.5. The first-order chi connectivity index (χ1) is 10.7. The fourth-order valence-corrected chi connectivity index (χ4v) is 3.25. The Morgan fingerprint density at radius 1 is 1.23 bits per heavy atom. The van der Waals surface area contributed by atoms with E-state index in [0.29, 0.717) is 6.54 Å². The Labute approximate surface area is 133 Å². The number of amides is 1. The van der Waals surface area contributed by atoms with E-state index in [1.165, 1.54) is 0 Å². The summed E-state index contributed by atoms with van der Waals surface area (Å²) in [6, 6.07) is 15.3. The van der Waals surface area contributed by atoms with E-state index < -0.39 is 5.25 Å². The molecule has 2 aromatic rings. The van der Waals surface area contributed by atoms with Crippen molar-refractivity contribution < 1.29 is 9.53 Å². The Hall–Kier alpha value is -2.45. The molecular formula is C17H14N2O2S. The summed E-state index contributed by atoms with van der Waals surface area (Å²) in [7, 11) is 1.62. The monoisotopic (exact) mass is 310 g/mol. The molecule has 4 nitrogen and oxygen atoms in total. The summed E-state index contributed by atoms with van der Waals surface area (Å²) in [4.78, 5) is 14.4. The van der Waals surface area contributed by atoms with Gasteiger partial charge in [0.25, 0.3) is 0 Å². The number of benzene rings is 2. The van der Waals surface area contributed by atoms with Gasteiger partial charge < -0.3 is 9.64 Å². The van der Waals surface area contributed by atoms with Gasteiger partial charge in [0.15, 0.2) is 0 Å². The predicted octanol–water partition coefficient (Wildman–Crippen LogP) is 3.50. The van der Waals surface area contributed by atoms with Gasteiger partial charge in [-0.25, -0.2) is 0 Å². The number of methoxy groups -OCH3 is 1. The van der Waals surface area contributed by atoms with E-state index >= 15 is 0 Å². The maximum Gasteiger partial charge on any atom is 0.246 e. The van der Waals surface area contributed by atoms with E-state index in [2.05, 4.69) is 0 Å². The number of ether oxygens (including phenoxy) is 1. The number of thioether (sulfide) groups is 1. The number of hydrogen-bond acceptors (Lipinski definition) is 4. The summed E-state index contributed by atoms with van der Waals surface area (Å²) in [5.41, 5.74) is 2.81. The number of carbonyl (C=O) groups is 1. The number of carbonyl (C=O) groups excluding carboxylic acids is 1. The maximum atomic E-state index is 12.6. The van der Waals surface area contributed by atoms with E-state index in [1.54, 1.807) is 12.0 Å². The predicted molar refractivity (Wildman–Crippen MR) is 86.6 cm³/mol. The molecule has 1 aliphatic rings. The van der Waals surface area contributed by atoms with Gasteiger partial charge in [-0.2, -0.15) is 5.26 Å². The molecule has 2 aromatic carbocycles. The van der Waals surface area contributed by atoms with Crippen LogP contribution in [0.25, 0.3) is 0 Å². The van der Waals surface area contributed by atoms with Crippen LogP contribution in [0.15, 0.2) is 48.5 Å². The average Bonchev–Trinajstić information content (AvgIpc) is 2.82. The van der Waals surface area contributed by atoms with Crippen molar-refractivity contribution in [2.45, 2.75) is 11.8 Å². The molecule has 22 heavy (non-hydrogen) atoms. The highest BCUT2D eigenvalue weighted by Gasteiger charge is 2.37. The van der Waals surface area contributed by atoms with Crippen LogP contribution in [-0.2, 0) is 11.3 Å². The molecule has 0 fully saturated rings. The maximum absolute atomic E-state index is 12.6. The van der Waals surface area contributed by atoms with Crippen molar-refractivity contribution in [3.8, 4) is 11.2 Å². The topological polar surface area (TPSA) is 53.3 Å². The van der Waals surface area contributed by atoms with E-state index in [9.17, 15) is 4.79 Å². The van der Waals surface area contributed by atoms with E-state index in [1.807, 2.05) is 53.9 Å².